The third-order valence-corrected chi connectivity index (χ3v) is 5.74. The molecular weight excluding hydrogens is 307 g/mol. The van der Waals surface area contributed by atoms with Crippen LogP contribution >= 0.6 is 15.9 Å². The van der Waals surface area contributed by atoms with Gasteiger partial charge >= 0.3 is 0 Å². The molecule has 2 nitrogen and oxygen atoms in total. The predicted molar refractivity (Wildman–Crippen MR) is 77.9 cm³/mol. The number of nitrogens with one attached hydrogen (secondary N) is 1. The minimum absolute atomic E-state index is 0.179. The van der Waals surface area contributed by atoms with Gasteiger partial charge in [-0.3, -0.25) is 11.3 Å². The van der Waals surface area contributed by atoms with Gasteiger partial charge in [0, 0.05) is 10.5 Å². The Hall–Kier alpha value is -0.450. The van der Waals surface area contributed by atoms with Crippen molar-refractivity contribution in [2.75, 3.05) is 0 Å². The normalized spacial score (nSPS) is 30.8. The maximum Gasteiger partial charge on any atom is 0.123 e. The highest BCUT2D eigenvalue weighted by molar-refractivity contribution is 9.10. The zero-order valence-electron chi connectivity index (χ0n) is 10.9. The molecule has 2 bridgehead atoms. The second kappa shape index (κ2) is 5.51. The van der Waals surface area contributed by atoms with E-state index in [1.54, 1.807) is 12.1 Å². The Balaban J connectivity index is 1.74. The number of fused-ring (bicyclic) bond motifs is 2. The number of hydrogen-bond acceptors (Lipinski definition) is 2. The fraction of sp³-hybridized carbons (Fsp3) is 0.600. The van der Waals surface area contributed by atoms with E-state index in [9.17, 15) is 4.39 Å². The number of rotatable bonds is 4. The van der Waals surface area contributed by atoms with Crippen LogP contribution in [0.25, 0.3) is 0 Å². The standard InChI is InChI=1S/C15H20BrFN2/c16-14-4-3-12(17)7-11(14)8-15(19-18)13-6-9-1-2-10(13)5-9/h3-4,7,9-10,13,15,19H,1-2,5-6,8,18H2. The van der Waals surface area contributed by atoms with Crippen LogP contribution in [0.5, 0.6) is 0 Å². The van der Waals surface area contributed by atoms with Crippen LogP contribution in [-0.2, 0) is 6.42 Å². The van der Waals surface area contributed by atoms with Crippen LogP contribution in [0.2, 0.25) is 0 Å². The van der Waals surface area contributed by atoms with E-state index in [1.807, 2.05) is 0 Å². The van der Waals surface area contributed by atoms with E-state index in [1.165, 1.54) is 31.7 Å². The highest BCUT2D eigenvalue weighted by Gasteiger charge is 2.42. The van der Waals surface area contributed by atoms with Gasteiger partial charge in [0.25, 0.3) is 0 Å². The van der Waals surface area contributed by atoms with E-state index >= 15 is 0 Å². The highest BCUT2D eigenvalue weighted by Crippen LogP contribution is 2.49. The number of benzene rings is 1. The van der Waals surface area contributed by atoms with Crippen molar-refractivity contribution in [3.05, 3.63) is 34.1 Å². The Morgan fingerprint density at radius 2 is 2.21 bits per heavy atom. The van der Waals surface area contributed by atoms with Gasteiger partial charge < -0.3 is 0 Å². The van der Waals surface area contributed by atoms with Crippen molar-refractivity contribution in [3.63, 3.8) is 0 Å². The average Bonchev–Trinajstić information content (AvgIpc) is 3.02. The molecule has 0 amide bonds. The van der Waals surface area contributed by atoms with Crippen molar-refractivity contribution in [3.8, 4) is 0 Å². The summed E-state index contributed by atoms with van der Waals surface area (Å²) in [6, 6.07) is 5.13. The van der Waals surface area contributed by atoms with Crippen molar-refractivity contribution >= 4 is 15.9 Å². The topological polar surface area (TPSA) is 38.0 Å². The third kappa shape index (κ3) is 2.71. The van der Waals surface area contributed by atoms with Crippen LogP contribution in [0.3, 0.4) is 0 Å². The van der Waals surface area contributed by atoms with Gasteiger partial charge in [0.1, 0.15) is 5.82 Å². The van der Waals surface area contributed by atoms with Crippen LogP contribution in [0.15, 0.2) is 22.7 Å². The SMILES string of the molecule is NNC(Cc1cc(F)ccc1Br)C1CC2CCC1C2. The second-order valence-electron chi connectivity index (χ2n) is 6.05. The van der Waals surface area contributed by atoms with E-state index in [0.29, 0.717) is 5.92 Å². The molecule has 0 aliphatic heterocycles. The summed E-state index contributed by atoms with van der Waals surface area (Å²) in [7, 11) is 0. The first-order chi connectivity index (χ1) is 9.17. The number of hydrogen-bond donors (Lipinski definition) is 2. The lowest BCUT2D eigenvalue weighted by Crippen LogP contribution is -2.44. The van der Waals surface area contributed by atoms with Gasteiger partial charge in [-0.2, -0.15) is 0 Å². The zero-order valence-corrected chi connectivity index (χ0v) is 12.5. The van der Waals surface area contributed by atoms with E-state index in [0.717, 1.165) is 28.3 Å². The van der Waals surface area contributed by atoms with Crippen molar-refractivity contribution in [1.82, 2.24) is 5.43 Å². The molecule has 3 N–H and O–H groups in total. The Bertz CT molecular complexity index is 465. The monoisotopic (exact) mass is 326 g/mol. The first-order valence-electron chi connectivity index (χ1n) is 7.07. The zero-order chi connectivity index (χ0) is 13.4. The molecule has 2 aliphatic rings. The molecule has 2 fully saturated rings. The molecule has 4 heteroatoms. The molecule has 4 unspecified atom stereocenters. The molecule has 19 heavy (non-hydrogen) atoms. The summed E-state index contributed by atoms with van der Waals surface area (Å²) >= 11 is 3.50. The lowest BCUT2D eigenvalue weighted by molar-refractivity contribution is 0.248. The molecule has 0 heterocycles. The van der Waals surface area contributed by atoms with Crippen LogP contribution in [-0.4, -0.2) is 6.04 Å². The highest BCUT2D eigenvalue weighted by atomic mass is 79.9. The fourth-order valence-electron chi connectivity index (χ4n) is 4.06. The summed E-state index contributed by atoms with van der Waals surface area (Å²) in [4.78, 5) is 0. The van der Waals surface area contributed by atoms with E-state index < -0.39 is 0 Å². The van der Waals surface area contributed by atoms with Gasteiger partial charge in [0.15, 0.2) is 0 Å². The van der Waals surface area contributed by atoms with Crippen LogP contribution in [0, 0.1) is 23.6 Å². The van der Waals surface area contributed by atoms with Gasteiger partial charge in [0.2, 0.25) is 0 Å². The van der Waals surface area contributed by atoms with Gasteiger partial charge in [-0.25, -0.2) is 4.39 Å². The Morgan fingerprint density at radius 3 is 2.84 bits per heavy atom. The lowest BCUT2D eigenvalue weighted by Gasteiger charge is -2.30. The minimum atomic E-state index is -0.179. The summed E-state index contributed by atoms with van der Waals surface area (Å²) in [6.07, 6.45) is 6.18. The Kier molecular flexibility index (Phi) is 3.92. The molecular formula is C15H20BrFN2. The van der Waals surface area contributed by atoms with Crippen LogP contribution in [0.4, 0.5) is 4.39 Å². The first-order valence-corrected chi connectivity index (χ1v) is 7.86. The molecule has 104 valence electrons. The van der Waals surface area contributed by atoms with E-state index in [4.69, 9.17) is 5.84 Å². The van der Waals surface area contributed by atoms with Crippen LogP contribution < -0.4 is 11.3 Å². The molecule has 2 aliphatic carbocycles. The Labute approximate surface area is 122 Å². The van der Waals surface area contributed by atoms with Gasteiger partial charge in [-0.1, -0.05) is 22.4 Å². The quantitative estimate of drug-likeness (QED) is 0.657. The van der Waals surface area contributed by atoms with E-state index in [-0.39, 0.29) is 11.9 Å². The van der Waals surface area contributed by atoms with Gasteiger partial charge in [0.05, 0.1) is 0 Å². The van der Waals surface area contributed by atoms with Crippen LogP contribution in [0.1, 0.15) is 31.2 Å². The molecule has 2 saturated carbocycles. The van der Waals surface area contributed by atoms with E-state index in [2.05, 4.69) is 21.4 Å². The maximum absolute atomic E-state index is 13.4. The lowest BCUT2D eigenvalue weighted by atomic mass is 9.81. The van der Waals surface area contributed by atoms with Crippen molar-refractivity contribution in [1.29, 1.82) is 0 Å². The summed E-state index contributed by atoms with van der Waals surface area (Å²) in [6.45, 7) is 0. The van der Waals surface area contributed by atoms with Crippen molar-refractivity contribution in [2.24, 2.45) is 23.6 Å². The average molecular weight is 327 g/mol. The maximum atomic E-state index is 13.4. The second-order valence-corrected chi connectivity index (χ2v) is 6.91. The number of halogens is 2. The smallest absolute Gasteiger partial charge is 0.123 e. The third-order valence-electron chi connectivity index (χ3n) is 4.97. The van der Waals surface area contributed by atoms with Crippen molar-refractivity contribution in [2.45, 2.75) is 38.1 Å². The molecule has 4 atom stereocenters. The van der Waals surface area contributed by atoms with Gasteiger partial charge in [-0.15, -0.1) is 0 Å². The predicted octanol–water partition coefficient (Wildman–Crippen LogP) is 3.40. The summed E-state index contributed by atoms with van der Waals surface area (Å²) < 4.78 is 14.3. The molecule has 0 aromatic heterocycles. The Morgan fingerprint density at radius 1 is 1.37 bits per heavy atom. The summed E-state index contributed by atoms with van der Waals surface area (Å²) in [5.74, 6) is 7.96. The summed E-state index contributed by atoms with van der Waals surface area (Å²) in [5.41, 5.74) is 3.99. The number of nitrogens with two attached hydrogens (primary N) is 1. The largest absolute Gasteiger partial charge is 0.271 e. The van der Waals surface area contributed by atoms with Crippen molar-refractivity contribution < 1.29 is 4.39 Å². The molecule has 3 rings (SSSR count). The fourth-order valence-corrected chi connectivity index (χ4v) is 4.47. The molecule has 1 aromatic carbocycles. The molecule has 0 spiro atoms. The molecule has 0 saturated heterocycles. The molecule has 1 aromatic rings. The minimum Gasteiger partial charge on any atom is -0.271 e. The molecule has 0 radical (unpaired) electrons. The summed E-state index contributed by atoms with van der Waals surface area (Å²) in [5, 5.41) is 0. The number of hydrazine groups is 1. The van der Waals surface area contributed by atoms with Gasteiger partial charge in [-0.05, 0) is 67.2 Å². The first kappa shape index (κ1) is 13.5.